The van der Waals surface area contributed by atoms with Crippen LogP contribution >= 0.6 is 0 Å². The topological polar surface area (TPSA) is 63.5 Å². The summed E-state index contributed by atoms with van der Waals surface area (Å²) < 4.78 is 7.78. The fraction of sp³-hybridized carbons (Fsp3) is 0.524. The van der Waals surface area contributed by atoms with Crippen LogP contribution in [0.4, 0.5) is 0 Å². The monoisotopic (exact) mass is 367 g/mol. The van der Waals surface area contributed by atoms with Gasteiger partial charge in [0.2, 0.25) is 0 Å². The van der Waals surface area contributed by atoms with Gasteiger partial charge in [-0.25, -0.2) is 4.68 Å². The van der Waals surface area contributed by atoms with Crippen LogP contribution in [-0.2, 0) is 4.74 Å². The van der Waals surface area contributed by atoms with Gasteiger partial charge in [0.1, 0.15) is 0 Å². The fourth-order valence-corrected chi connectivity index (χ4v) is 4.58. The Kier molecular flexibility index (Phi) is 4.68. The second-order valence-electron chi connectivity index (χ2n) is 8.17. The second kappa shape index (κ2) is 7.00. The smallest absolute Gasteiger partial charge is 0.191 e. The highest BCUT2D eigenvalue weighted by Gasteiger charge is 2.59. The Bertz CT molecular complexity index is 814. The molecule has 1 saturated heterocycles. The van der Waals surface area contributed by atoms with Crippen LogP contribution in [0.15, 0.2) is 47.7 Å². The van der Waals surface area contributed by atoms with E-state index in [4.69, 9.17) is 4.74 Å². The number of aliphatic imine (C=N–C) groups is 1. The molecule has 2 aromatic rings. The van der Waals surface area contributed by atoms with E-state index in [1.807, 2.05) is 24.0 Å². The normalized spacial score (nSPS) is 27.6. The first-order valence-electron chi connectivity index (χ1n) is 9.72. The van der Waals surface area contributed by atoms with Crippen LogP contribution in [0, 0.1) is 11.3 Å². The summed E-state index contributed by atoms with van der Waals surface area (Å²) in [4.78, 5) is 4.46. The van der Waals surface area contributed by atoms with Gasteiger partial charge >= 0.3 is 0 Å². The summed E-state index contributed by atoms with van der Waals surface area (Å²) in [6.07, 6.45) is 5.25. The summed E-state index contributed by atoms with van der Waals surface area (Å²) in [5, 5.41) is 11.5. The zero-order valence-electron chi connectivity index (χ0n) is 16.5. The average Bonchev–Trinajstić information content (AvgIpc) is 3.35. The standard InChI is InChI=1S/C21H29N5O/c1-14(15-7-5-8-16(13-15)26-11-6-10-23-26)24-20(22-4)25-18-17-9-12-27-19(17)21(18,2)3/h5-8,10-11,13-14,17-19H,9,12H2,1-4H3,(H2,22,24,25). The molecule has 144 valence electrons. The maximum atomic E-state index is 5.90. The van der Waals surface area contributed by atoms with Gasteiger partial charge in [-0.1, -0.05) is 26.0 Å². The highest BCUT2D eigenvalue weighted by Crippen LogP contribution is 2.52. The Morgan fingerprint density at radius 1 is 1.37 bits per heavy atom. The maximum absolute atomic E-state index is 5.90. The zero-order valence-corrected chi connectivity index (χ0v) is 16.5. The van der Waals surface area contributed by atoms with E-state index in [9.17, 15) is 0 Å². The van der Waals surface area contributed by atoms with Crippen LogP contribution in [0.5, 0.6) is 0 Å². The molecule has 2 aliphatic rings. The molecule has 2 fully saturated rings. The SMILES string of the molecule is CN=C(NC(C)c1cccc(-n2cccn2)c1)NC1C2CCOC2C1(C)C. The van der Waals surface area contributed by atoms with E-state index < -0.39 is 0 Å². The molecule has 4 unspecified atom stereocenters. The lowest BCUT2D eigenvalue weighted by Crippen LogP contribution is -2.68. The van der Waals surface area contributed by atoms with E-state index in [0.717, 1.165) is 24.7 Å². The molecule has 1 aromatic carbocycles. The fourth-order valence-electron chi connectivity index (χ4n) is 4.58. The Morgan fingerprint density at radius 2 is 2.22 bits per heavy atom. The highest BCUT2D eigenvalue weighted by atomic mass is 16.5. The van der Waals surface area contributed by atoms with E-state index in [0.29, 0.717) is 18.1 Å². The van der Waals surface area contributed by atoms with Crippen LogP contribution in [-0.4, -0.2) is 41.5 Å². The molecule has 0 spiro atoms. The number of nitrogens with zero attached hydrogens (tertiary/aromatic N) is 3. The number of hydrogen-bond donors (Lipinski definition) is 2. The largest absolute Gasteiger partial charge is 0.377 e. The van der Waals surface area contributed by atoms with Crippen molar-refractivity contribution in [3.63, 3.8) is 0 Å². The number of benzene rings is 1. The number of rotatable bonds is 4. The van der Waals surface area contributed by atoms with Crippen LogP contribution in [0.1, 0.15) is 38.8 Å². The molecule has 2 N–H and O–H groups in total. The minimum Gasteiger partial charge on any atom is -0.377 e. The van der Waals surface area contributed by atoms with Crippen LogP contribution in [0.2, 0.25) is 0 Å². The quantitative estimate of drug-likeness (QED) is 0.644. The molecule has 4 rings (SSSR count). The van der Waals surface area contributed by atoms with Crippen molar-refractivity contribution in [1.29, 1.82) is 0 Å². The molecule has 1 aliphatic carbocycles. The molecule has 1 aliphatic heterocycles. The van der Waals surface area contributed by atoms with Crippen LogP contribution < -0.4 is 10.6 Å². The lowest BCUT2D eigenvalue weighted by atomic mass is 9.57. The highest BCUT2D eigenvalue weighted by molar-refractivity contribution is 5.80. The molecule has 27 heavy (non-hydrogen) atoms. The Morgan fingerprint density at radius 3 is 2.96 bits per heavy atom. The predicted molar refractivity (Wildman–Crippen MR) is 107 cm³/mol. The van der Waals surface area contributed by atoms with Gasteiger partial charge in [0, 0.05) is 43.4 Å². The van der Waals surface area contributed by atoms with Crippen LogP contribution in [0.3, 0.4) is 0 Å². The van der Waals surface area contributed by atoms with Gasteiger partial charge in [0.25, 0.3) is 0 Å². The summed E-state index contributed by atoms with van der Waals surface area (Å²) in [5.41, 5.74) is 2.38. The van der Waals surface area contributed by atoms with Crippen molar-refractivity contribution in [2.24, 2.45) is 16.3 Å². The van der Waals surface area contributed by atoms with E-state index in [1.165, 1.54) is 5.56 Å². The number of aromatic nitrogens is 2. The molecule has 6 heteroatoms. The van der Waals surface area contributed by atoms with Gasteiger partial charge in [-0.05, 0) is 37.1 Å². The molecule has 1 saturated carbocycles. The first-order valence-corrected chi connectivity index (χ1v) is 9.72. The van der Waals surface area contributed by atoms with Gasteiger partial charge in [0.15, 0.2) is 5.96 Å². The van der Waals surface area contributed by atoms with Crippen molar-refractivity contribution in [3.05, 3.63) is 48.3 Å². The second-order valence-corrected chi connectivity index (χ2v) is 8.17. The van der Waals surface area contributed by atoms with E-state index >= 15 is 0 Å². The third-order valence-corrected chi connectivity index (χ3v) is 6.11. The summed E-state index contributed by atoms with van der Waals surface area (Å²) in [6.45, 7) is 7.59. The lowest BCUT2D eigenvalue weighted by Gasteiger charge is -2.55. The minimum absolute atomic E-state index is 0.127. The Labute approximate surface area is 161 Å². The molecule has 2 heterocycles. The van der Waals surface area contributed by atoms with Gasteiger partial charge < -0.3 is 15.4 Å². The summed E-state index contributed by atoms with van der Waals surface area (Å²) in [7, 11) is 1.83. The van der Waals surface area contributed by atoms with Gasteiger partial charge in [-0.2, -0.15) is 5.10 Å². The molecule has 4 atom stereocenters. The summed E-state index contributed by atoms with van der Waals surface area (Å²) >= 11 is 0. The van der Waals surface area contributed by atoms with Crippen molar-refractivity contribution >= 4 is 5.96 Å². The molecule has 0 amide bonds. The van der Waals surface area contributed by atoms with Crippen LogP contribution in [0.25, 0.3) is 5.69 Å². The van der Waals surface area contributed by atoms with Crippen molar-refractivity contribution in [2.75, 3.05) is 13.7 Å². The van der Waals surface area contributed by atoms with Crippen molar-refractivity contribution in [2.45, 2.75) is 45.4 Å². The Balaban J connectivity index is 1.44. The summed E-state index contributed by atoms with van der Waals surface area (Å²) in [6, 6.07) is 10.9. The number of nitrogens with one attached hydrogen (secondary N) is 2. The molecule has 0 radical (unpaired) electrons. The molecule has 0 bridgehead atoms. The van der Waals surface area contributed by atoms with Gasteiger partial charge in [0.05, 0.1) is 17.8 Å². The number of hydrogen-bond acceptors (Lipinski definition) is 3. The lowest BCUT2D eigenvalue weighted by molar-refractivity contribution is -0.106. The molecular weight excluding hydrogens is 338 g/mol. The van der Waals surface area contributed by atoms with Crippen molar-refractivity contribution < 1.29 is 4.74 Å². The predicted octanol–water partition coefficient (Wildman–Crippen LogP) is 2.91. The average molecular weight is 367 g/mol. The van der Waals surface area contributed by atoms with Crippen molar-refractivity contribution in [1.82, 2.24) is 20.4 Å². The van der Waals surface area contributed by atoms with E-state index in [-0.39, 0.29) is 11.5 Å². The van der Waals surface area contributed by atoms with Gasteiger partial charge in [-0.15, -0.1) is 0 Å². The first-order chi connectivity index (χ1) is 13.0. The van der Waals surface area contributed by atoms with E-state index in [1.54, 1.807) is 6.20 Å². The zero-order chi connectivity index (χ0) is 19.0. The minimum atomic E-state index is 0.127. The maximum Gasteiger partial charge on any atom is 0.191 e. The molecular formula is C21H29N5O. The number of guanidine groups is 1. The first kappa shape index (κ1) is 18.0. The third kappa shape index (κ3) is 3.23. The van der Waals surface area contributed by atoms with E-state index in [2.05, 4.69) is 65.8 Å². The molecule has 1 aromatic heterocycles. The Hall–Kier alpha value is -2.34. The third-order valence-electron chi connectivity index (χ3n) is 6.11. The number of fused-ring (bicyclic) bond motifs is 1. The number of ether oxygens (including phenoxy) is 1. The summed E-state index contributed by atoms with van der Waals surface area (Å²) in [5.74, 6) is 1.42. The van der Waals surface area contributed by atoms with Crippen molar-refractivity contribution in [3.8, 4) is 5.69 Å². The van der Waals surface area contributed by atoms with Gasteiger partial charge in [-0.3, -0.25) is 4.99 Å². The molecule has 6 nitrogen and oxygen atoms in total.